The number of aromatic nitrogens is 3. The maximum atomic E-state index is 5.60. The Kier molecular flexibility index (Phi) is 5.07. The van der Waals surface area contributed by atoms with Crippen molar-refractivity contribution in [2.24, 2.45) is 0 Å². The van der Waals surface area contributed by atoms with Crippen LogP contribution in [0.5, 0.6) is 0 Å². The van der Waals surface area contributed by atoms with Gasteiger partial charge < -0.3 is 0 Å². The number of piperazine rings is 1. The number of hydrogen-bond donors (Lipinski definition) is 0. The number of rotatable bonds is 5. The van der Waals surface area contributed by atoms with Gasteiger partial charge in [0.25, 0.3) is 0 Å². The van der Waals surface area contributed by atoms with E-state index in [1.165, 1.54) is 4.88 Å². The van der Waals surface area contributed by atoms with Crippen molar-refractivity contribution < 1.29 is 0 Å². The summed E-state index contributed by atoms with van der Waals surface area (Å²) in [6, 6.07) is 14.5. The van der Waals surface area contributed by atoms with Gasteiger partial charge in [-0.3, -0.25) is 14.4 Å². The minimum atomic E-state index is 0.743. The van der Waals surface area contributed by atoms with Crippen molar-refractivity contribution in [3.63, 3.8) is 0 Å². The van der Waals surface area contributed by atoms with Gasteiger partial charge in [-0.2, -0.15) is 5.10 Å². The van der Waals surface area contributed by atoms with Crippen LogP contribution in [0.2, 0.25) is 0 Å². The normalized spacial score (nSPS) is 16.3. The molecule has 1 saturated heterocycles. The third kappa shape index (κ3) is 3.90. The summed E-state index contributed by atoms with van der Waals surface area (Å²) in [7, 11) is 0. The Labute approximate surface area is 156 Å². The fourth-order valence-corrected chi connectivity index (χ4v) is 4.10. The molecule has 0 atom stereocenters. The van der Waals surface area contributed by atoms with Crippen LogP contribution in [0.3, 0.4) is 0 Å². The first-order valence-electron chi connectivity index (χ1n) is 8.46. The van der Waals surface area contributed by atoms with Gasteiger partial charge in [-0.05, 0) is 35.8 Å². The maximum Gasteiger partial charge on any atom is 0.203 e. The number of hydrogen-bond acceptors (Lipinski definition) is 5. The Morgan fingerprint density at radius 1 is 0.960 bits per heavy atom. The first-order chi connectivity index (χ1) is 12.3. The molecular weight excluding hydrogens is 350 g/mol. The molecule has 3 aromatic rings. The second kappa shape index (κ2) is 7.61. The number of benzene rings is 1. The van der Waals surface area contributed by atoms with Crippen LogP contribution in [-0.2, 0) is 13.2 Å². The molecule has 1 aromatic carbocycles. The van der Waals surface area contributed by atoms with Crippen molar-refractivity contribution in [2.45, 2.75) is 13.2 Å². The molecule has 5 nitrogen and oxygen atoms in total. The highest BCUT2D eigenvalue weighted by Crippen LogP contribution is 2.14. The zero-order valence-electron chi connectivity index (χ0n) is 14.0. The molecule has 0 aliphatic carbocycles. The van der Waals surface area contributed by atoms with E-state index in [0.717, 1.165) is 49.9 Å². The smallest absolute Gasteiger partial charge is 0.203 e. The molecule has 0 N–H and O–H groups in total. The van der Waals surface area contributed by atoms with Crippen molar-refractivity contribution in [3.8, 4) is 5.69 Å². The van der Waals surface area contributed by atoms with E-state index in [9.17, 15) is 0 Å². The fraction of sp³-hybridized carbons (Fsp3) is 0.333. The lowest BCUT2D eigenvalue weighted by Gasteiger charge is -2.34. The molecule has 1 fully saturated rings. The molecule has 0 saturated carbocycles. The molecule has 7 heteroatoms. The molecule has 3 heterocycles. The molecule has 4 rings (SSSR count). The average molecular weight is 372 g/mol. The second-order valence-corrected chi connectivity index (χ2v) is 7.63. The Hall–Kier alpha value is -1.80. The summed E-state index contributed by atoms with van der Waals surface area (Å²) in [5, 5.41) is 6.64. The van der Waals surface area contributed by atoms with Gasteiger partial charge in [0, 0.05) is 43.3 Å². The van der Waals surface area contributed by atoms with Crippen LogP contribution in [0.15, 0.2) is 54.2 Å². The van der Waals surface area contributed by atoms with Crippen LogP contribution in [0.25, 0.3) is 5.69 Å². The zero-order chi connectivity index (χ0) is 17.1. The number of nitrogens with zero attached hydrogens (tertiary/aromatic N) is 5. The van der Waals surface area contributed by atoms with Crippen LogP contribution in [0.4, 0.5) is 0 Å². The summed E-state index contributed by atoms with van der Waals surface area (Å²) < 4.78 is 4.62. The largest absolute Gasteiger partial charge is 0.296 e. The van der Waals surface area contributed by atoms with E-state index in [0.29, 0.717) is 0 Å². The van der Waals surface area contributed by atoms with E-state index in [1.54, 1.807) is 0 Å². The summed E-state index contributed by atoms with van der Waals surface area (Å²) >= 11 is 7.44. The molecule has 1 aliphatic heterocycles. The molecule has 130 valence electrons. The van der Waals surface area contributed by atoms with Gasteiger partial charge >= 0.3 is 0 Å². The highest BCUT2D eigenvalue weighted by Gasteiger charge is 2.18. The highest BCUT2D eigenvalue weighted by atomic mass is 32.1. The summed E-state index contributed by atoms with van der Waals surface area (Å²) in [5.41, 5.74) is 1.06. The molecule has 0 unspecified atom stereocenters. The molecule has 0 radical (unpaired) electrons. The predicted octanol–water partition coefficient (Wildman–Crippen LogP) is 3.24. The van der Waals surface area contributed by atoms with Crippen molar-refractivity contribution in [3.05, 3.63) is 63.8 Å². The monoisotopic (exact) mass is 371 g/mol. The van der Waals surface area contributed by atoms with E-state index >= 15 is 0 Å². The standard InChI is InChI=1S/C18H21N5S2/c24-18-22(16-5-2-1-3-6-16)14-19-23(18)15-21-10-8-20(9-11-21)13-17-7-4-12-25-17/h1-7,12,14H,8-11,13,15H2. The molecule has 1 aliphatic rings. The minimum Gasteiger partial charge on any atom is -0.296 e. The van der Waals surface area contributed by atoms with Gasteiger partial charge in [-0.25, -0.2) is 4.68 Å². The summed E-state index contributed by atoms with van der Waals surface area (Å²) in [6.07, 6.45) is 1.81. The van der Waals surface area contributed by atoms with Crippen LogP contribution in [0, 0.1) is 4.77 Å². The molecule has 0 bridgehead atoms. The first-order valence-corrected chi connectivity index (χ1v) is 9.75. The first kappa shape index (κ1) is 16.7. The zero-order valence-corrected chi connectivity index (χ0v) is 15.6. The maximum absolute atomic E-state index is 5.60. The predicted molar refractivity (Wildman–Crippen MR) is 104 cm³/mol. The third-order valence-corrected chi connectivity index (χ3v) is 5.79. The van der Waals surface area contributed by atoms with E-state index in [1.807, 2.05) is 57.2 Å². The lowest BCUT2D eigenvalue weighted by Crippen LogP contribution is -2.46. The third-order valence-electron chi connectivity index (χ3n) is 4.53. The van der Waals surface area contributed by atoms with Crippen molar-refractivity contribution in [1.29, 1.82) is 0 Å². The lowest BCUT2D eigenvalue weighted by atomic mass is 10.3. The van der Waals surface area contributed by atoms with Crippen molar-refractivity contribution >= 4 is 23.6 Å². The summed E-state index contributed by atoms with van der Waals surface area (Å²) in [6.45, 7) is 6.09. The van der Waals surface area contributed by atoms with Crippen LogP contribution >= 0.6 is 23.6 Å². The van der Waals surface area contributed by atoms with E-state index in [2.05, 4.69) is 32.4 Å². The lowest BCUT2D eigenvalue weighted by molar-refractivity contribution is 0.0987. The van der Waals surface area contributed by atoms with Crippen LogP contribution < -0.4 is 0 Å². The van der Waals surface area contributed by atoms with Gasteiger partial charge in [-0.1, -0.05) is 24.3 Å². The van der Waals surface area contributed by atoms with Gasteiger partial charge in [0.2, 0.25) is 4.77 Å². The van der Waals surface area contributed by atoms with Gasteiger partial charge in [0.15, 0.2) is 0 Å². The Balaban J connectivity index is 1.36. The number of thiophene rings is 1. The molecule has 2 aromatic heterocycles. The van der Waals surface area contributed by atoms with Crippen LogP contribution in [-0.4, -0.2) is 50.3 Å². The van der Waals surface area contributed by atoms with Gasteiger partial charge in [0.1, 0.15) is 6.33 Å². The SMILES string of the molecule is S=c1n(-c2ccccc2)cnn1CN1CCN(Cc2cccs2)CC1. The summed E-state index contributed by atoms with van der Waals surface area (Å²) in [4.78, 5) is 6.38. The topological polar surface area (TPSA) is 29.2 Å². The fourth-order valence-electron chi connectivity index (χ4n) is 3.10. The van der Waals surface area contributed by atoms with Crippen molar-refractivity contribution in [2.75, 3.05) is 26.2 Å². The second-order valence-electron chi connectivity index (χ2n) is 6.23. The minimum absolute atomic E-state index is 0.743. The average Bonchev–Trinajstić information content (AvgIpc) is 3.28. The van der Waals surface area contributed by atoms with Gasteiger partial charge in [-0.15, -0.1) is 11.3 Å². The molecule has 0 spiro atoms. The molecule has 25 heavy (non-hydrogen) atoms. The number of para-hydroxylation sites is 1. The van der Waals surface area contributed by atoms with E-state index in [4.69, 9.17) is 12.2 Å². The molecule has 0 amide bonds. The highest BCUT2D eigenvalue weighted by molar-refractivity contribution is 7.71. The quantitative estimate of drug-likeness (QED) is 0.644. The Bertz CT molecular complexity index is 845. The van der Waals surface area contributed by atoms with Gasteiger partial charge in [0.05, 0.1) is 6.67 Å². The summed E-state index contributed by atoms with van der Waals surface area (Å²) in [5.74, 6) is 0. The molecular formula is C18H21N5S2. The Morgan fingerprint density at radius 2 is 1.72 bits per heavy atom. The van der Waals surface area contributed by atoms with Crippen molar-refractivity contribution in [1.82, 2.24) is 24.1 Å². The van der Waals surface area contributed by atoms with E-state index in [-0.39, 0.29) is 0 Å². The van der Waals surface area contributed by atoms with E-state index < -0.39 is 0 Å². The van der Waals surface area contributed by atoms with Crippen LogP contribution in [0.1, 0.15) is 4.88 Å². The Morgan fingerprint density at radius 3 is 2.44 bits per heavy atom.